The highest BCUT2D eigenvalue weighted by Gasteiger charge is 2.29. The van der Waals surface area contributed by atoms with E-state index in [9.17, 15) is 0 Å². The SMILES string of the molecule is CCNCc1cc(N2CC(C)CC(C)C2C)ncc1Cl. The topological polar surface area (TPSA) is 28.2 Å². The molecule has 1 N–H and O–H groups in total. The first-order valence-electron chi connectivity index (χ1n) is 7.64. The van der Waals surface area contributed by atoms with Crippen molar-refractivity contribution in [2.24, 2.45) is 11.8 Å². The molecule has 112 valence electrons. The van der Waals surface area contributed by atoms with Crippen molar-refractivity contribution >= 4 is 17.4 Å². The van der Waals surface area contributed by atoms with Crippen molar-refractivity contribution in [3.05, 3.63) is 22.8 Å². The molecule has 1 fully saturated rings. The van der Waals surface area contributed by atoms with Gasteiger partial charge in [-0.25, -0.2) is 4.98 Å². The van der Waals surface area contributed by atoms with Crippen molar-refractivity contribution in [2.45, 2.75) is 46.7 Å². The van der Waals surface area contributed by atoms with Crippen LogP contribution in [0.1, 0.15) is 39.7 Å². The molecular formula is C16H26ClN3. The minimum atomic E-state index is 0.534. The summed E-state index contributed by atoms with van der Waals surface area (Å²) in [6, 6.07) is 2.68. The van der Waals surface area contributed by atoms with Gasteiger partial charge in [0.25, 0.3) is 0 Å². The van der Waals surface area contributed by atoms with Gasteiger partial charge in [-0.1, -0.05) is 32.4 Å². The second-order valence-corrected chi connectivity index (χ2v) is 6.53. The monoisotopic (exact) mass is 295 g/mol. The van der Waals surface area contributed by atoms with Gasteiger partial charge in [0.05, 0.1) is 5.02 Å². The molecule has 1 saturated heterocycles. The number of halogens is 1. The summed E-state index contributed by atoms with van der Waals surface area (Å²) >= 11 is 6.24. The maximum absolute atomic E-state index is 6.24. The van der Waals surface area contributed by atoms with Gasteiger partial charge in [0.2, 0.25) is 0 Å². The largest absolute Gasteiger partial charge is 0.353 e. The predicted molar refractivity (Wildman–Crippen MR) is 86.4 cm³/mol. The van der Waals surface area contributed by atoms with Crippen molar-refractivity contribution < 1.29 is 0 Å². The summed E-state index contributed by atoms with van der Waals surface area (Å²) in [5.74, 6) is 2.48. The van der Waals surface area contributed by atoms with Crippen molar-refractivity contribution in [2.75, 3.05) is 18.0 Å². The van der Waals surface area contributed by atoms with E-state index in [2.05, 4.69) is 49.0 Å². The number of anilines is 1. The Morgan fingerprint density at radius 1 is 1.40 bits per heavy atom. The van der Waals surface area contributed by atoms with E-state index in [1.54, 1.807) is 6.20 Å². The first-order valence-corrected chi connectivity index (χ1v) is 8.02. The average Bonchev–Trinajstić information content (AvgIpc) is 2.42. The number of nitrogens with one attached hydrogen (secondary N) is 1. The Bertz CT molecular complexity index is 449. The maximum atomic E-state index is 6.24. The van der Waals surface area contributed by atoms with Crippen LogP contribution in [0.2, 0.25) is 5.02 Å². The molecule has 1 aliphatic rings. The Morgan fingerprint density at radius 2 is 2.15 bits per heavy atom. The summed E-state index contributed by atoms with van der Waals surface area (Å²) in [5.41, 5.74) is 1.14. The van der Waals surface area contributed by atoms with E-state index in [0.29, 0.717) is 12.0 Å². The van der Waals surface area contributed by atoms with E-state index in [4.69, 9.17) is 11.6 Å². The molecule has 0 spiro atoms. The fourth-order valence-electron chi connectivity index (χ4n) is 3.04. The Morgan fingerprint density at radius 3 is 2.85 bits per heavy atom. The fourth-order valence-corrected chi connectivity index (χ4v) is 3.21. The van der Waals surface area contributed by atoms with Crippen LogP contribution in [0.3, 0.4) is 0 Å². The maximum Gasteiger partial charge on any atom is 0.129 e. The zero-order valence-electron chi connectivity index (χ0n) is 13.0. The summed E-state index contributed by atoms with van der Waals surface area (Å²) < 4.78 is 0. The predicted octanol–water partition coefficient (Wildman–Crippen LogP) is 3.72. The molecule has 1 aromatic rings. The normalized spacial score (nSPS) is 26.9. The summed E-state index contributed by atoms with van der Waals surface area (Å²) in [7, 11) is 0. The van der Waals surface area contributed by atoms with Crippen molar-refractivity contribution in [3.63, 3.8) is 0 Å². The molecule has 2 rings (SSSR count). The van der Waals surface area contributed by atoms with Gasteiger partial charge in [-0.3, -0.25) is 0 Å². The van der Waals surface area contributed by atoms with Crippen LogP contribution in [0.4, 0.5) is 5.82 Å². The molecule has 0 amide bonds. The Labute approximate surface area is 127 Å². The molecule has 20 heavy (non-hydrogen) atoms. The molecule has 3 unspecified atom stereocenters. The molecule has 4 heteroatoms. The first-order chi connectivity index (χ1) is 9.52. The molecular weight excluding hydrogens is 270 g/mol. The van der Waals surface area contributed by atoms with Gasteiger partial charge in [-0.15, -0.1) is 0 Å². The second-order valence-electron chi connectivity index (χ2n) is 6.13. The van der Waals surface area contributed by atoms with Crippen LogP contribution in [0, 0.1) is 11.8 Å². The number of pyridine rings is 1. The highest BCUT2D eigenvalue weighted by Crippen LogP contribution is 2.31. The third kappa shape index (κ3) is 3.44. The third-order valence-corrected chi connectivity index (χ3v) is 4.72. The minimum absolute atomic E-state index is 0.534. The zero-order chi connectivity index (χ0) is 14.7. The number of rotatable bonds is 4. The van der Waals surface area contributed by atoms with Gasteiger partial charge in [0.1, 0.15) is 5.82 Å². The average molecular weight is 296 g/mol. The van der Waals surface area contributed by atoms with Crippen molar-refractivity contribution in [1.29, 1.82) is 0 Å². The van der Waals surface area contributed by atoms with Gasteiger partial charge < -0.3 is 10.2 Å². The van der Waals surface area contributed by atoms with E-state index in [1.165, 1.54) is 6.42 Å². The van der Waals surface area contributed by atoms with Gasteiger partial charge in [-0.05, 0) is 43.4 Å². The molecule has 1 aromatic heterocycles. The van der Waals surface area contributed by atoms with E-state index in [1.807, 2.05) is 0 Å². The van der Waals surface area contributed by atoms with Crippen LogP contribution in [-0.4, -0.2) is 24.1 Å². The number of hydrogen-bond acceptors (Lipinski definition) is 3. The zero-order valence-corrected chi connectivity index (χ0v) is 13.7. The Hall–Kier alpha value is -0.800. The number of nitrogens with zero attached hydrogens (tertiary/aromatic N) is 2. The number of aromatic nitrogens is 1. The smallest absolute Gasteiger partial charge is 0.129 e. The Kier molecular flexibility index (Phi) is 5.28. The highest BCUT2D eigenvalue weighted by molar-refractivity contribution is 6.31. The van der Waals surface area contributed by atoms with Gasteiger partial charge >= 0.3 is 0 Å². The van der Waals surface area contributed by atoms with Crippen molar-refractivity contribution in [1.82, 2.24) is 10.3 Å². The molecule has 0 aromatic carbocycles. The van der Waals surface area contributed by atoms with Gasteiger partial charge in [0.15, 0.2) is 0 Å². The van der Waals surface area contributed by atoms with Crippen LogP contribution in [0.15, 0.2) is 12.3 Å². The molecule has 3 nitrogen and oxygen atoms in total. The molecule has 3 atom stereocenters. The summed E-state index contributed by atoms with van der Waals surface area (Å²) in [5, 5.41) is 4.08. The number of piperidine rings is 1. The summed E-state index contributed by atoms with van der Waals surface area (Å²) in [6.45, 7) is 11.9. The standard InChI is InChI=1S/C16H26ClN3/c1-5-18-8-14-7-16(19-9-15(14)17)20-10-11(2)6-12(3)13(20)4/h7,9,11-13,18H,5-6,8,10H2,1-4H3. The van der Waals surface area contributed by atoms with Gasteiger partial charge in [0, 0.05) is 25.3 Å². The quantitative estimate of drug-likeness (QED) is 0.918. The van der Waals surface area contributed by atoms with Crippen molar-refractivity contribution in [3.8, 4) is 0 Å². The molecule has 2 heterocycles. The van der Waals surface area contributed by atoms with E-state index in [-0.39, 0.29) is 0 Å². The Balaban J connectivity index is 2.22. The molecule has 0 saturated carbocycles. The third-order valence-electron chi connectivity index (χ3n) is 4.38. The van der Waals surface area contributed by atoms with E-state index in [0.717, 1.165) is 42.0 Å². The van der Waals surface area contributed by atoms with Crippen LogP contribution in [0.25, 0.3) is 0 Å². The lowest BCUT2D eigenvalue weighted by Crippen LogP contribution is -2.46. The first kappa shape index (κ1) is 15.6. The lowest BCUT2D eigenvalue weighted by molar-refractivity contribution is 0.295. The highest BCUT2D eigenvalue weighted by atomic mass is 35.5. The van der Waals surface area contributed by atoms with E-state index < -0.39 is 0 Å². The fraction of sp³-hybridized carbons (Fsp3) is 0.688. The lowest BCUT2D eigenvalue weighted by Gasteiger charge is -2.42. The summed E-state index contributed by atoms with van der Waals surface area (Å²) in [4.78, 5) is 6.99. The van der Waals surface area contributed by atoms with Crippen LogP contribution >= 0.6 is 11.6 Å². The molecule has 1 aliphatic heterocycles. The van der Waals surface area contributed by atoms with E-state index >= 15 is 0 Å². The van der Waals surface area contributed by atoms with Crippen LogP contribution in [-0.2, 0) is 6.54 Å². The van der Waals surface area contributed by atoms with Gasteiger partial charge in [-0.2, -0.15) is 0 Å². The van der Waals surface area contributed by atoms with Crippen LogP contribution < -0.4 is 10.2 Å². The molecule has 0 bridgehead atoms. The molecule has 0 aliphatic carbocycles. The minimum Gasteiger partial charge on any atom is -0.353 e. The molecule has 0 radical (unpaired) electrons. The summed E-state index contributed by atoms with van der Waals surface area (Å²) in [6.07, 6.45) is 3.09. The lowest BCUT2D eigenvalue weighted by atomic mass is 9.86. The number of hydrogen-bond donors (Lipinski definition) is 1. The second kappa shape index (κ2) is 6.77. The van der Waals surface area contributed by atoms with Crippen LogP contribution in [0.5, 0.6) is 0 Å².